The van der Waals surface area contributed by atoms with E-state index < -0.39 is 5.92 Å². The molecule has 130 valence electrons. The van der Waals surface area contributed by atoms with Crippen molar-refractivity contribution in [2.24, 2.45) is 5.92 Å². The summed E-state index contributed by atoms with van der Waals surface area (Å²) in [5.74, 6) is -1.56. The molecule has 4 nitrogen and oxygen atoms in total. The minimum absolute atomic E-state index is 0.220. The zero-order valence-corrected chi connectivity index (χ0v) is 14.5. The largest absolute Gasteiger partial charge is 0.351 e. The van der Waals surface area contributed by atoms with E-state index in [1.54, 1.807) is 29.2 Å². The topological polar surface area (TPSA) is 49.4 Å². The van der Waals surface area contributed by atoms with Crippen molar-refractivity contribution >= 4 is 29.1 Å². The fourth-order valence-electron chi connectivity index (χ4n) is 2.95. The van der Waals surface area contributed by atoms with E-state index in [0.29, 0.717) is 18.0 Å². The van der Waals surface area contributed by atoms with Crippen LogP contribution in [0.1, 0.15) is 17.5 Å². The van der Waals surface area contributed by atoms with Gasteiger partial charge in [0.15, 0.2) is 0 Å². The quantitative estimate of drug-likeness (QED) is 0.849. The van der Waals surface area contributed by atoms with Gasteiger partial charge in [-0.25, -0.2) is 4.39 Å². The molecular formula is C19H18ClFN2O2. The summed E-state index contributed by atoms with van der Waals surface area (Å²) in [4.78, 5) is 26.6. The SMILES string of the molecule is Cc1ccc(Cl)cc1N1CCC(C(=O)NCc2ccc(F)cc2)C1=O. The second-order valence-electron chi connectivity index (χ2n) is 6.11. The van der Waals surface area contributed by atoms with Crippen LogP contribution in [-0.2, 0) is 16.1 Å². The Morgan fingerprint density at radius 3 is 2.72 bits per heavy atom. The van der Waals surface area contributed by atoms with E-state index >= 15 is 0 Å². The number of anilines is 1. The second-order valence-corrected chi connectivity index (χ2v) is 6.54. The van der Waals surface area contributed by atoms with Gasteiger partial charge in [-0.1, -0.05) is 29.8 Å². The molecule has 2 aromatic carbocycles. The Labute approximate surface area is 150 Å². The molecule has 25 heavy (non-hydrogen) atoms. The molecule has 0 bridgehead atoms. The number of nitrogens with one attached hydrogen (secondary N) is 1. The molecule has 0 aliphatic carbocycles. The van der Waals surface area contributed by atoms with Crippen LogP contribution in [0.3, 0.4) is 0 Å². The van der Waals surface area contributed by atoms with Crippen molar-refractivity contribution in [3.05, 3.63) is 64.4 Å². The fourth-order valence-corrected chi connectivity index (χ4v) is 3.12. The van der Waals surface area contributed by atoms with E-state index in [2.05, 4.69) is 5.32 Å². The molecule has 6 heteroatoms. The summed E-state index contributed by atoms with van der Waals surface area (Å²) >= 11 is 6.03. The predicted molar refractivity (Wildman–Crippen MR) is 94.9 cm³/mol. The van der Waals surface area contributed by atoms with E-state index in [-0.39, 0.29) is 24.2 Å². The molecule has 0 spiro atoms. The lowest BCUT2D eigenvalue weighted by Crippen LogP contribution is -2.36. The molecule has 3 rings (SSSR count). The van der Waals surface area contributed by atoms with Crippen molar-refractivity contribution in [1.82, 2.24) is 5.32 Å². The molecule has 1 atom stereocenters. The lowest BCUT2D eigenvalue weighted by atomic mass is 10.1. The number of halogens is 2. The average Bonchev–Trinajstić information content (AvgIpc) is 2.98. The molecule has 1 N–H and O–H groups in total. The molecule has 1 aliphatic rings. The monoisotopic (exact) mass is 360 g/mol. The number of nitrogens with zero attached hydrogens (tertiary/aromatic N) is 1. The Bertz CT molecular complexity index is 808. The molecule has 1 unspecified atom stereocenters. The van der Waals surface area contributed by atoms with Crippen LogP contribution in [0.2, 0.25) is 5.02 Å². The summed E-state index contributed by atoms with van der Waals surface area (Å²) in [6, 6.07) is 11.3. The van der Waals surface area contributed by atoms with Crippen molar-refractivity contribution in [2.75, 3.05) is 11.4 Å². The Balaban J connectivity index is 1.65. The van der Waals surface area contributed by atoms with E-state index in [0.717, 1.165) is 16.8 Å². The summed E-state index contributed by atoms with van der Waals surface area (Å²) in [5.41, 5.74) is 2.46. The van der Waals surface area contributed by atoms with E-state index in [1.165, 1.54) is 12.1 Å². The van der Waals surface area contributed by atoms with Gasteiger partial charge in [0, 0.05) is 23.8 Å². The van der Waals surface area contributed by atoms with E-state index in [9.17, 15) is 14.0 Å². The Kier molecular flexibility index (Phi) is 5.04. The maximum atomic E-state index is 12.9. The minimum atomic E-state index is -0.709. The molecule has 2 amide bonds. The fraction of sp³-hybridized carbons (Fsp3) is 0.263. The normalized spacial score (nSPS) is 17.0. The van der Waals surface area contributed by atoms with Gasteiger partial charge in [-0.15, -0.1) is 0 Å². The van der Waals surface area contributed by atoms with E-state index in [4.69, 9.17) is 11.6 Å². The maximum Gasteiger partial charge on any atom is 0.239 e. The Hall–Kier alpha value is -2.40. The summed E-state index contributed by atoms with van der Waals surface area (Å²) in [6.07, 6.45) is 0.458. The third-order valence-corrected chi connectivity index (χ3v) is 4.60. The standard InChI is InChI=1S/C19H18ClFN2O2/c1-12-2-5-14(20)10-17(12)23-9-8-16(19(23)25)18(24)22-11-13-3-6-15(21)7-4-13/h2-7,10,16H,8-9,11H2,1H3,(H,22,24). The third-order valence-electron chi connectivity index (χ3n) is 4.36. The molecule has 1 aliphatic heterocycles. The molecule has 2 aromatic rings. The number of benzene rings is 2. The van der Waals surface area contributed by atoms with Gasteiger partial charge in [0.2, 0.25) is 11.8 Å². The van der Waals surface area contributed by atoms with Crippen LogP contribution in [-0.4, -0.2) is 18.4 Å². The summed E-state index contributed by atoms with van der Waals surface area (Å²) in [7, 11) is 0. The highest BCUT2D eigenvalue weighted by Crippen LogP contribution is 2.30. The number of amides is 2. The summed E-state index contributed by atoms with van der Waals surface area (Å²) in [6.45, 7) is 2.65. The van der Waals surface area contributed by atoms with Crippen LogP contribution in [0.5, 0.6) is 0 Å². The predicted octanol–water partition coefficient (Wildman–Crippen LogP) is 3.46. The van der Waals surface area contributed by atoms with Gasteiger partial charge >= 0.3 is 0 Å². The van der Waals surface area contributed by atoms with Crippen molar-refractivity contribution in [1.29, 1.82) is 0 Å². The Morgan fingerprint density at radius 1 is 1.28 bits per heavy atom. The smallest absolute Gasteiger partial charge is 0.239 e. The van der Waals surface area contributed by atoms with Gasteiger partial charge in [0.25, 0.3) is 0 Å². The first-order valence-electron chi connectivity index (χ1n) is 8.05. The highest BCUT2D eigenvalue weighted by atomic mass is 35.5. The highest BCUT2D eigenvalue weighted by Gasteiger charge is 2.37. The van der Waals surface area contributed by atoms with Gasteiger partial charge in [0.05, 0.1) is 0 Å². The van der Waals surface area contributed by atoms with Crippen LogP contribution in [0.15, 0.2) is 42.5 Å². The van der Waals surface area contributed by atoms with Crippen LogP contribution >= 0.6 is 11.6 Å². The van der Waals surface area contributed by atoms with Gasteiger partial charge in [-0.2, -0.15) is 0 Å². The molecule has 0 saturated carbocycles. The van der Waals surface area contributed by atoms with Crippen molar-refractivity contribution in [2.45, 2.75) is 19.9 Å². The molecule has 1 fully saturated rings. The number of carbonyl (C=O) groups is 2. The van der Waals surface area contributed by atoms with Gasteiger partial charge in [-0.3, -0.25) is 9.59 Å². The van der Waals surface area contributed by atoms with Crippen molar-refractivity contribution in [3.8, 4) is 0 Å². The second kappa shape index (κ2) is 7.23. The minimum Gasteiger partial charge on any atom is -0.351 e. The average molecular weight is 361 g/mol. The lowest BCUT2D eigenvalue weighted by Gasteiger charge is -2.19. The van der Waals surface area contributed by atoms with Crippen LogP contribution in [0, 0.1) is 18.7 Å². The zero-order chi connectivity index (χ0) is 18.0. The first-order valence-corrected chi connectivity index (χ1v) is 8.43. The first-order chi connectivity index (χ1) is 12.0. The van der Waals surface area contributed by atoms with Gasteiger partial charge in [0.1, 0.15) is 11.7 Å². The molecule has 0 radical (unpaired) electrons. The molecule has 0 aromatic heterocycles. The van der Waals surface area contributed by atoms with Gasteiger partial charge < -0.3 is 10.2 Å². The molecule has 1 saturated heterocycles. The zero-order valence-electron chi connectivity index (χ0n) is 13.8. The maximum absolute atomic E-state index is 12.9. The van der Waals surface area contributed by atoms with Crippen molar-refractivity contribution in [3.63, 3.8) is 0 Å². The van der Waals surface area contributed by atoms with Crippen LogP contribution < -0.4 is 10.2 Å². The third kappa shape index (κ3) is 3.82. The van der Waals surface area contributed by atoms with Crippen LogP contribution in [0.4, 0.5) is 10.1 Å². The molecular weight excluding hydrogens is 343 g/mol. The number of hydrogen-bond acceptors (Lipinski definition) is 2. The van der Waals surface area contributed by atoms with Crippen molar-refractivity contribution < 1.29 is 14.0 Å². The Morgan fingerprint density at radius 2 is 2.00 bits per heavy atom. The number of aryl methyl sites for hydroxylation is 1. The van der Waals surface area contributed by atoms with E-state index in [1.807, 2.05) is 13.0 Å². The summed E-state index contributed by atoms with van der Waals surface area (Å²) in [5, 5.41) is 3.31. The van der Waals surface area contributed by atoms with Crippen LogP contribution in [0.25, 0.3) is 0 Å². The van der Waals surface area contributed by atoms with Gasteiger partial charge in [-0.05, 0) is 48.7 Å². The lowest BCUT2D eigenvalue weighted by molar-refractivity contribution is -0.132. The number of rotatable bonds is 4. The molecule has 1 heterocycles. The number of carbonyl (C=O) groups excluding carboxylic acids is 2. The summed E-state index contributed by atoms with van der Waals surface area (Å²) < 4.78 is 12.9. The number of hydrogen-bond donors (Lipinski definition) is 1. The first kappa shape index (κ1) is 17.4. The highest BCUT2D eigenvalue weighted by molar-refractivity contribution is 6.31.